The summed E-state index contributed by atoms with van der Waals surface area (Å²) in [7, 11) is 0. The fourth-order valence-electron chi connectivity index (χ4n) is 2.16. The number of hydrogen-bond acceptors (Lipinski definition) is 3. The van der Waals surface area contributed by atoms with E-state index in [-0.39, 0.29) is 0 Å². The second-order valence-electron chi connectivity index (χ2n) is 4.41. The summed E-state index contributed by atoms with van der Waals surface area (Å²) < 4.78 is 0. The van der Waals surface area contributed by atoms with E-state index in [9.17, 15) is 0 Å². The van der Waals surface area contributed by atoms with Crippen molar-refractivity contribution in [1.29, 1.82) is 0 Å². The SMILES string of the molecule is CC1CCCCN1Cc1ccc(N)nc1. The highest BCUT2D eigenvalue weighted by Gasteiger charge is 2.17. The Labute approximate surface area is 91.3 Å². The molecule has 3 heteroatoms. The Morgan fingerprint density at radius 3 is 3.00 bits per heavy atom. The van der Waals surface area contributed by atoms with Gasteiger partial charge in [0.25, 0.3) is 0 Å². The van der Waals surface area contributed by atoms with Crippen LogP contribution in [-0.4, -0.2) is 22.5 Å². The van der Waals surface area contributed by atoms with Crippen LogP contribution in [0.5, 0.6) is 0 Å². The monoisotopic (exact) mass is 205 g/mol. The molecule has 0 aromatic carbocycles. The molecule has 1 aliphatic rings. The number of pyridine rings is 1. The van der Waals surface area contributed by atoms with Crippen molar-refractivity contribution in [3.05, 3.63) is 23.9 Å². The van der Waals surface area contributed by atoms with E-state index in [0.717, 1.165) is 6.54 Å². The van der Waals surface area contributed by atoms with Crippen molar-refractivity contribution in [3.63, 3.8) is 0 Å². The lowest BCUT2D eigenvalue weighted by molar-refractivity contribution is 0.152. The molecule has 82 valence electrons. The van der Waals surface area contributed by atoms with Crippen molar-refractivity contribution < 1.29 is 0 Å². The van der Waals surface area contributed by atoms with Gasteiger partial charge in [0.1, 0.15) is 5.82 Å². The second-order valence-corrected chi connectivity index (χ2v) is 4.41. The molecule has 2 heterocycles. The molecular weight excluding hydrogens is 186 g/mol. The minimum absolute atomic E-state index is 0.602. The zero-order valence-corrected chi connectivity index (χ0v) is 9.32. The number of aromatic nitrogens is 1. The zero-order chi connectivity index (χ0) is 10.7. The van der Waals surface area contributed by atoms with Gasteiger partial charge in [0.15, 0.2) is 0 Å². The maximum Gasteiger partial charge on any atom is 0.123 e. The van der Waals surface area contributed by atoms with E-state index in [1.165, 1.54) is 31.4 Å². The molecule has 1 unspecified atom stereocenters. The molecule has 1 saturated heterocycles. The van der Waals surface area contributed by atoms with Crippen LogP contribution in [0.2, 0.25) is 0 Å². The number of piperidine rings is 1. The number of hydrogen-bond donors (Lipinski definition) is 1. The molecule has 1 atom stereocenters. The van der Waals surface area contributed by atoms with Crippen LogP contribution in [0, 0.1) is 0 Å². The molecule has 0 bridgehead atoms. The van der Waals surface area contributed by atoms with Gasteiger partial charge in [-0.1, -0.05) is 12.5 Å². The second kappa shape index (κ2) is 4.62. The van der Waals surface area contributed by atoms with Gasteiger partial charge in [-0.3, -0.25) is 4.90 Å². The maximum absolute atomic E-state index is 5.56. The standard InChI is InChI=1S/C12H19N3/c1-10-4-2-3-7-15(10)9-11-5-6-12(13)14-8-11/h5-6,8,10H,2-4,7,9H2,1H3,(H2,13,14). The third-order valence-corrected chi connectivity index (χ3v) is 3.17. The summed E-state index contributed by atoms with van der Waals surface area (Å²) in [6.07, 6.45) is 5.91. The molecule has 1 aromatic heterocycles. The lowest BCUT2D eigenvalue weighted by Crippen LogP contribution is -2.36. The third-order valence-electron chi connectivity index (χ3n) is 3.17. The quantitative estimate of drug-likeness (QED) is 0.803. The summed E-state index contributed by atoms with van der Waals surface area (Å²) in [5, 5.41) is 0. The first-order valence-corrected chi connectivity index (χ1v) is 5.70. The first kappa shape index (κ1) is 10.4. The molecule has 15 heavy (non-hydrogen) atoms. The molecule has 1 fully saturated rings. The highest BCUT2D eigenvalue weighted by molar-refractivity contribution is 5.29. The molecule has 1 aromatic rings. The summed E-state index contributed by atoms with van der Waals surface area (Å²) >= 11 is 0. The van der Waals surface area contributed by atoms with Gasteiger partial charge < -0.3 is 5.73 Å². The van der Waals surface area contributed by atoms with Crippen LogP contribution in [0.25, 0.3) is 0 Å². The molecule has 0 radical (unpaired) electrons. The van der Waals surface area contributed by atoms with Crippen molar-refractivity contribution in [2.24, 2.45) is 0 Å². The molecular formula is C12H19N3. The van der Waals surface area contributed by atoms with Crippen LogP contribution in [0.1, 0.15) is 31.7 Å². The number of nitrogens with two attached hydrogens (primary N) is 1. The van der Waals surface area contributed by atoms with Gasteiger partial charge in [0.2, 0.25) is 0 Å². The number of likely N-dealkylation sites (tertiary alicyclic amines) is 1. The molecule has 3 nitrogen and oxygen atoms in total. The highest BCUT2D eigenvalue weighted by atomic mass is 15.2. The predicted molar refractivity (Wildman–Crippen MR) is 62.4 cm³/mol. The first-order valence-electron chi connectivity index (χ1n) is 5.70. The van der Waals surface area contributed by atoms with Crippen molar-refractivity contribution in [3.8, 4) is 0 Å². The Bertz CT molecular complexity index is 307. The summed E-state index contributed by atoms with van der Waals surface area (Å²) in [4.78, 5) is 6.65. The average Bonchev–Trinajstić information content (AvgIpc) is 2.25. The fourth-order valence-corrected chi connectivity index (χ4v) is 2.16. The molecule has 2 N–H and O–H groups in total. The Morgan fingerprint density at radius 2 is 2.33 bits per heavy atom. The minimum atomic E-state index is 0.602. The first-order chi connectivity index (χ1) is 7.25. The van der Waals surface area contributed by atoms with Gasteiger partial charge >= 0.3 is 0 Å². The van der Waals surface area contributed by atoms with Crippen LogP contribution in [0.15, 0.2) is 18.3 Å². The van der Waals surface area contributed by atoms with Crippen molar-refractivity contribution in [1.82, 2.24) is 9.88 Å². The van der Waals surface area contributed by atoms with Crippen LogP contribution in [0.4, 0.5) is 5.82 Å². The Morgan fingerprint density at radius 1 is 1.47 bits per heavy atom. The van der Waals surface area contributed by atoms with E-state index in [2.05, 4.69) is 22.9 Å². The smallest absolute Gasteiger partial charge is 0.123 e. The fraction of sp³-hybridized carbons (Fsp3) is 0.583. The highest BCUT2D eigenvalue weighted by Crippen LogP contribution is 2.18. The predicted octanol–water partition coefficient (Wildman–Crippen LogP) is 2.04. The number of anilines is 1. The topological polar surface area (TPSA) is 42.1 Å². The summed E-state index contributed by atoms with van der Waals surface area (Å²) in [5.41, 5.74) is 6.82. The van der Waals surface area contributed by atoms with E-state index in [0.29, 0.717) is 11.9 Å². The van der Waals surface area contributed by atoms with Gasteiger partial charge in [0, 0.05) is 18.8 Å². The Balaban J connectivity index is 1.98. The number of rotatable bonds is 2. The molecule has 0 saturated carbocycles. The largest absolute Gasteiger partial charge is 0.384 e. The maximum atomic E-state index is 5.56. The molecule has 1 aliphatic heterocycles. The van der Waals surface area contributed by atoms with Gasteiger partial charge in [0.05, 0.1) is 0 Å². The van der Waals surface area contributed by atoms with Gasteiger partial charge in [-0.2, -0.15) is 0 Å². The molecule has 2 rings (SSSR count). The molecule has 0 amide bonds. The minimum Gasteiger partial charge on any atom is -0.384 e. The lowest BCUT2D eigenvalue weighted by Gasteiger charge is -2.33. The van der Waals surface area contributed by atoms with E-state index in [4.69, 9.17) is 5.73 Å². The molecule has 0 aliphatic carbocycles. The van der Waals surface area contributed by atoms with Crippen LogP contribution in [-0.2, 0) is 6.54 Å². The summed E-state index contributed by atoms with van der Waals surface area (Å²) in [6.45, 7) is 4.53. The van der Waals surface area contributed by atoms with Crippen LogP contribution < -0.4 is 5.73 Å². The number of nitrogens with zero attached hydrogens (tertiary/aromatic N) is 2. The average molecular weight is 205 g/mol. The zero-order valence-electron chi connectivity index (χ0n) is 9.32. The van der Waals surface area contributed by atoms with Gasteiger partial charge in [-0.15, -0.1) is 0 Å². The third kappa shape index (κ3) is 2.69. The Kier molecular flexibility index (Phi) is 3.21. The number of nitrogen functional groups attached to an aromatic ring is 1. The van der Waals surface area contributed by atoms with Crippen molar-refractivity contribution in [2.45, 2.75) is 38.8 Å². The summed E-state index contributed by atoms with van der Waals surface area (Å²) in [5.74, 6) is 0.602. The van der Waals surface area contributed by atoms with E-state index in [1.807, 2.05) is 12.3 Å². The lowest BCUT2D eigenvalue weighted by atomic mass is 10.0. The van der Waals surface area contributed by atoms with Crippen LogP contribution in [0.3, 0.4) is 0 Å². The van der Waals surface area contributed by atoms with Crippen molar-refractivity contribution >= 4 is 5.82 Å². The Hall–Kier alpha value is -1.09. The van der Waals surface area contributed by atoms with Gasteiger partial charge in [-0.05, 0) is 37.9 Å². The van der Waals surface area contributed by atoms with E-state index in [1.54, 1.807) is 0 Å². The van der Waals surface area contributed by atoms with Crippen molar-refractivity contribution in [2.75, 3.05) is 12.3 Å². The van der Waals surface area contributed by atoms with Crippen LogP contribution >= 0.6 is 0 Å². The van der Waals surface area contributed by atoms with E-state index >= 15 is 0 Å². The van der Waals surface area contributed by atoms with Gasteiger partial charge in [-0.25, -0.2) is 4.98 Å². The molecule has 0 spiro atoms. The normalized spacial score (nSPS) is 22.9. The summed E-state index contributed by atoms with van der Waals surface area (Å²) in [6, 6.07) is 4.66. The van der Waals surface area contributed by atoms with E-state index < -0.39 is 0 Å².